The largest absolute Gasteiger partial charge is 0.392 e. The number of likely N-dealkylation sites (tertiary alicyclic amines) is 1. The lowest BCUT2D eigenvalue weighted by Crippen LogP contribution is -2.80. The molecule has 0 aromatic rings. The lowest BCUT2D eigenvalue weighted by molar-refractivity contribution is -0.278. The molecule has 13 atom stereocenters. The van der Waals surface area contributed by atoms with Crippen molar-refractivity contribution in [3.63, 3.8) is 0 Å². The van der Waals surface area contributed by atoms with Crippen molar-refractivity contribution in [3.8, 4) is 0 Å². The van der Waals surface area contributed by atoms with Gasteiger partial charge in [0.2, 0.25) is 0 Å². The van der Waals surface area contributed by atoms with Gasteiger partial charge in [-0.15, -0.1) is 0 Å². The molecule has 7 aliphatic rings. The molecule has 2 aliphatic heterocycles. The molecule has 30 heavy (non-hydrogen) atoms. The minimum atomic E-state index is -0.926. The molecular weight excluding hydrogens is 386 g/mol. The van der Waals surface area contributed by atoms with Crippen LogP contribution in [0.5, 0.6) is 0 Å². The van der Waals surface area contributed by atoms with Gasteiger partial charge in [-0.1, -0.05) is 13.8 Å². The van der Waals surface area contributed by atoms with Crippen LogP contribution in [0.25, 0.3) is 0 Å². The van der Waals surface area contributed by atoms with Crippen LogP contribution in [-0.4, -0.2) is 88.9 Å². The van der Waals surface area contributed by atoms with E-state index in [2.05, 4.69) is 18.7 Å². The average molecular weight is 422 g/mol. The van der Waals surface area contributed by atoms with Gasteiger partial charge in [0.05, 0.1) is 30.5 Å². The second-order valence-corrected chi connectivity index (χ2v) is 11.7. The number of nitrogens with zero attached hydrogens (tertiary/aromatic N) is 1. The van der Waals surface area contributed by atoms with Crippen LogP contribution in [0.15, 0.2) is 0 Å². The van der Waals surface area contributed by atoms with Gasteiger partial charge in [-0.3, -0.25) is 4.90 Å². The zero-order valence-electron chi connectivity index (χ0n) is 18.2. The standard InChI is InChI=1S/C23H35NO6/c1-4-24-9-20(2)6-5-14(25)22-12-7-11-13(28-3)8-21(15(12)16(11)26)23(19(22)24,30-10-29-21)18(27)17(20)22/h11-19,25-27H,4-10H2,1-3H3/t11-,12-,13+,14+,15-,16+,17-,18+,19+,20+,21-,22+,23+/m1/s1. The van der Waals surface area contributed by atoms with Crippen molar-refractivity contribution < 1.29 is 29.5 Å². The molecule has 5 aliphatic carbocycles. The Bertz CT molecular complexity index is 796. The summed E-state index contributed by atoms with van der Waals surface area (Å²) in [7, 11) is 1.72. The number of hydrogen-bond acceptors (Lipinski definition) is 7. The van der Waals surface area contributed by atoms with E-state index in [1.165, 1.54) is 0 Å². The minimum Gasteiger partial charge on any atom is -0.392 e. The summed E-state index contributed by atoms with van der Waals surface area (Å²) in [5, 5.41) is 35.5. The molecule has 7 nitrogen and oxygen atoms in total. The molecule has 2 saturated heterocycles. The van der Waals surface area contributed by atoms with Crippen LogP contribution >= 0.6 is 0 Å². The van der Waals surface area contributed by atoms with Crippen molar-refractivity contribution in [3.05, 3.63) is 0 Å². The summed E-state index contributed by atoms with van der Waals surface area (Å²) >= 11 is 0. The lowest BCUT2D eigenvalue weighted by atomic mass is 9.43. The van der Waals surface area contributed by atoms with Crippen molar-refractivity contribution in [2.45, 2.75) is 81.2 Å². The fraction of sp³-hybridized carbons (Fsp3) is 1.00. The van der Waals surface area contributed by atoms with Crippen LogP contribution in [0.4, 0.5) is 0 Å². The van der Waals surface area contributed by atoms with E-state index in [-0.39, 0.29) is 48.0 Å². The van der Waals surface area contributed by atoms with Crippen molar-refractivity contribution >= 4 is 0 Å². The second-order valence-electron chi connectivity index (χ2n) is 11.7. The molecule has 0 aromatic heterocycles. The van der Waals surface area contributed by atoms with Crippen LogP contribution in [0.3, 0.4) is 0 Å². The van der Waals surface area contributed by atoms with E-state index in [0.29, 0.717) is 6.42 Å². The number of piperidine rings is 1. The summed E-state index contributed by atoms with van der Waals surface area (Å²) < 4.78 is 19.0. The summed E-state index contributed by atoms with van der Waals surface area (Å²) in [4.78, 5) is 2.49. The highest BCUT2D eigenvalue weighted by Gasteiger charge is 2.92. The Hall–Kier alpha value is -0.280. The normalized spacial score (nSPS) is 67.6. The maximum absolute atomic E-state index is 12.2. The maximum Gasteiger partial charge on any atom is 0.148 e. The number of rotatable bonds is 2. The van der Waals surface area contributed by atoms with Gasteiger partial charge in [0.1, 0.15) is 18.0 Å². The molecule has 0 unspecified atom stereocenters. The third kappa shape index (κ3) is 1.56. The highest BCUT2D eigenvalue weighted by atomic mass is 16.7. The first kappa shape index (κ1) is 19.2. The van der Waals surface area contributed by atoms with E-state index in [0.717, 1.165) is 32.4 Å². The first-order valence-electron chi connectivity index (χ1n) is 11.9. The number of methoxy groups -OCH3 is 1. The molecule has 0 radical (unpaired) electrons. The molecular formula is C23H35NO6. The zero-order valence-corrected chi connectivity index (χ0v) is 18.2. The summed E-state index contributed by atoms with van der Waals surface area (Å²) in [5.74, 6) is -0.00805. The van der Waals surface area contributed by atoms with Gasteiger partial charge < -0.3 is 29.5 Å². The third-order valence-corrected chi connectivity index (χ3v) is 11.3. The smallest absolute Gasteiger partial charge is 0.148 e. The fourth-order valence-electron chi connectivity index (χ4n) is 10.9. The van der Waals surface area contributed by atoms with Crippen LogP contribution < -0.4 is 0 Å². The predicted octanol–water partition coefficient (Wildman–Crippen LogP) is 0.356. The fourth-order valence-corrected chi connectivity index (χ4v) is 10.9. The van der Waals surface area contributed by atoms with E-state index in [1.807, 2.05) is 0 Å². The van der Waals surface area contributed by atoms with Gasteiger partial charge in [0, 0.05) is 43.2 Å². The molecule has 7 bridgehead atoms. The molecule has 3 spiro atoms. The Morgan fingerprint density at radius 3 is 2.73 bits per heavy atom. The maximum atomic E-state index is 12.2. The SMILES string of the molecule is CCN1C[C@]2(C)CC[C@H](O)[C@@]34[C@@H]5C[C@H]6[C@H](O)[C@@H]5[C@@]5(C[C@@H]6OC)OCO[C@@]5([C@@H](O)[C@H]23)[C@@H]14. The van der Waals surface area contributed by atoms with E-state index in [1.54, 1.807) is 7.11 Å². The first-order valence-corrected chi connectivity index (χ1v) is 11.9. The van der Waals surface area contributed by atoms with Gasteiger partial charge in [0.15, 0.2) is 0 Å². The van der Waals surface area contributed by atoms with Gasteiger partial charge in [-0.05, 0) is 37.1 Å². The average Bonchev–Trinajstić information content (AvgIpc) is 3.27. The van der Waals surface area contributed by atoms with E-state index in [4.69, 9.17) is 14.2 Å². The monoisotopic (exact) mass is 421 g/mol. The molecule has 3 N–H and O–H groups in total. The number of aliphatic hydroxyl groups excluding tert-OH is 3. The molecule has 7 heteroatoms. The van der Waals surface area contributed by atoms with Crippen molar-refractivity contribution in [1.82, 2.24) is 4.90 Å². The number of likely N-dealkylation sites (N-methyl/N-ethyl adjacent to an activating group) is 1. The van der Waals surface area contributed by atoms with Crippen LogP contribution in [0.1, 0.15) is 39.5 Å². The number of ether oxygens (including phenoxy) is 3. The molecule has 2 heterocycles. The Morgan fingerprint density at radius 1 is 1.20 bits per heavy atom. The highest BCUT2D eigenvalue weighted by Crippen LogP contribution is 2.81. The topological polar surface area (TPSA) is 91.6 Å². The molecule has 168 valence electrons. The van der Waals surface area contributed by atoms with Gasteiger partial charge in [0.25, 0.3) is 0 Å². The first-order chi connectivity index (χ1) is 14.3. The predicted molar refractivity (Wildman–Crippen MR) is 105 cm³/mol. The van der Waals surface area contributed by atoms with E-state index >= 15 is 0 Å². The van der Waals surface area contributed by atoms with Crippen LogP contribution in [-0.2, 0) is 14.2 Å². The van der Waals surface area contributed by atoms with Crippen molar-refractivity contribution in [1.29, 1.82) is 0 Å². The van der Waals surface area contributed by atoms with Gasteiger partial charge in [-0.25, -0.2) is 0 Å². The second kappa shape index (κ2) is 5.44. The molecule has 0 amide bonds. The summed E-state index contributed by atoms with van der Waals surface area (Å²) in [6, 6.07) is -0.0938. The lowest BCUT2D eigenvalue weighted by Gasteiger charge is -2.69. The molecule has 0 aromatic carbocycles. The molecule has 7 rings (SSSR count). The Kier molecular flexibility index (Phi) is 3.48. The summed E-state index contributed by atoms with van der Waals surface area (Å²) in [6.45, 7) is 6.40. The number of hydrogen-bond donors (Lipinski definition) is 3. The summed E-state index contributed by atoms with van der Waals surface area (Å²) in [5.41, 5.74) is -2.24. The number of fused-ring (bicyclic) bond motifs is 1. The van der Waals surface area contributed by atoms with Crippen LogP contribution in [0, 0.1) is 34.5 Å². The number of aliphatic hydroxyl groups is 3. The van der Waals surface area contributed by atoms with E-state index < -0.39 is 34.9 Å². The molecule has 5 saturated carbocycles. The summed E-state index contributed by atoms with van der Waals surface area (Å²) in [6.07, 6.45) is 1.27. The molecule has 7 fully saturated rings. The van der Waals surface area contributed by atoms with Crippen molar-refractivity contribution in [2.24, 2.45) is 34.5 Å². The van der Waals surface area contributed by atoms with Crippen LogP contribution in [0.2, 0.25) is 0 Å². The van der Waals surface area contributed by atoms with Gasteiger partial charge in [-0.2, -0.15) is 0 Å². The Morgan fingerprint density at radius 2 is 2.00 bits per heavy atom. The van der Waals surface area contributed by atoms with E-state index in [9.17, 15) is 15.3 Å². The Labute approximate surface area is 177 Å². The quantitative estimate of drug-likeness (QED) is 0.593. The Balaban J connectivity index is 1.57. The van der Waals surface area contributed by atoms with Gasteiger partial charge >= 0.3 is 0 Å². The minimum absolute atomic E-state index is 0.0392. The van der Waals surface area contributed by atoms with Crippen molar-refractivity contribution in [2.75, 3.05) is 27.0 Å². The third-order valence-electron chi connectivity index (χ3n) is 11.3. The highest BCUT2D eigenvalue weighted by molar-refractivity contribution is 5.42. The zero-order chi connectivity index (χ0) is 20.8.